The average Bonchev–Trinajstić information content (AvgIpc) is 2.43. The number of unbranched alkanes of at least 4 members (excludes halogenated alkanes) is 1. The highest BCUT2D eigenvalue weighted by molar-refractivity contribution is 5.57. The Balaban J connectivity index is 2.43. The predicted molar refractivity (Wildman–Crippen MR) is 65.7 cm³/mol. The molecule has 1 aliphatic heterocycles. The summed E-state index contributed by atoms with van der Waals surface area (Å²) in [5, 5.41) is 6.64. The fourth-order valence-corrected chi connectivity index (χ4v) is 1.78. The largest absolute Gasteiger partial charge is 0.339 e. The van der Waals surface area contributed by atoms with E-state index in [2.05, 4.69) is 49.6 Å². The lowest BCUT2D eigenvalue weighted by atomic mass is 9.96. The van der Waals surface area contributed by atoms with E-state index < -0.39 is 0 Å². The highest BCUT2D eigenvalue weighted by atomic mass is 15.6. The number of rotatable bonds is 4. The van der Waals surface area contributed by atoms with Gasteiger partial charge >= 0.3 is 0 Å². The molecule has 0 aromatic rings. The van der Waals surface area contributed by atoms with Crippen LogP contribution >= 0.6 is 0 Å². The van der Waals surface area contributed by atoms with E-state index in [1.807, 2.05) is 6.34 Å². The van der Waals surface area contributed by atoms with Gasteiger partial charge in [0.2, 0.25) is 0 Å². The first-order valence-electron chi connectivity index (χ1n) is 6.00. The maximum Gasteiger partial charge on any atom is 0.116 e. The molecule has 0 aromatic carbocycles. The molecule has 0 N–H and O–H groups in total. The number of hydrogen-bond acceptors (Lipinski definition) is 3. The van der Waals surface area contributed by atoms with Crippen molar-refractivity contribution < 1.29 is 0 Å². The number of nitrogens with zero attached hydrogens (tertiary/aromatic N) is 3. The Hall–Kier alpha value is -0.730. The van der Waals surface area contributed by atoms with Crippen LogP contribution in [0.5, 0.6) is 0 Å². The molecule has 0 saturated carbocycles. The molecule has 0 fully saturated rings. The molecule has 1 unspecified atom stereocenters. The van der Waals surface area contributed by atoms with Crippen LogP contribution in [-0.4, -0.2) is 35.5 Å². The highest BCUT2D eigenvalue weighted by Crippen LogP contribution is 2.20. The van der Waals surface area contributed by atoms with E-state index in [9.17, 15) is 0 Å². The Morgan fingerprint density at radius 3 is 2.53 bits per heavy atom. The van der Waals surface area contributed by atoms with Gasteiger partial charge in [0.15, 0.2) is 0 Å². The number of hydrazone groups is 1. The van der Waals surface area contributed by atoms with Crippen LogP contribution in [0.25, 0.3) is 0 Å². The SMILES string of the molecule is CCCCN1N=CN(CC(C)(C)C)C1C. The molecule has 15 heavy (non-hydrogen) atoms. The Morgan fingerprint density at radius 2 is 2.00 bits per heavy atom. The molecule has 1 atom stereocenters. The molecular weight excluding hydrogens is 186 g/mol. The summed E-state index contributed by atoms with van der Waals surface area (Å²) in [5.74, 6) is 0. The van der Waals surface area contributed by atoms with Crippen molar-refractivity contribution >= 4 is 6.34 Å². The van der Waals surface area contributed by atoms with E-state index in [4.69, 9.17) is 0 Å². The van der Waals surface area contributed by atoms with Crippen LogP contribution in [0.4, 0.5) is 0 Å². The zero-order valence-electron chi connectivity index (χ0n) is 10.8. The first-order chi connectivity index (χ1) is 6.94. The van der Waals surface area contributed by atoms with Gasteiger partial charge in [-0.15, -0.1) is 0 Å². The molecule has 0 bridgehead atoms. The van der Waals surface area contributed by atoms with Gasteiger partial charge in [-0.1, -0.05) is 34.1 Å². The summed E-state index contributed by atoms with van der Waals surface area (Å²) in [6, 6.07) is 0. The molecule has 0 spiro atoms. The molecule has 0 saturated heterocycles. The van der Waals surface area contributed by atoms with Crippen molar-refractivity contribution in [2.24, 2.45) is 10.5 Å². The van der Waals surface area contributed by atoms with Crippen molar-refractivity contribution in [2.45, 2.75) is 53.6 Å². The molecule has 0 aliphatic carbocycles. The molecule has 1 heterocycles. The third kappa shape index (κ3) is 3.73. The summed E-state index contributed by atoms with van der Waals surface area (Å²) in [4.78, 5) is 2.33. The minimum Gasteiger partial charge on any atom is -0.339 e. The molecule has 0 radical (unpaired) electrons. The minimum atomic E-state index is 0.334. The van der Waals surface area contributed by atoms with E-state index in [-0.39, 0.29) is 0 Å². The lowest BCUT2D eigenvalue weighted by molar-refractivity contribution is 0.120. The van der Waals surface area contributed by atoms with E-state index in [1.165, 1.54) is 12.8 Å². The predicted octanol–water partition coefficient (Wildman–Crippen LogP) is 2.74. The summed E-state index contributed by atoms with van der Waals surface area (Å²) in [5.41, 5.74) is 0.334. The van der Waals surface area contributed by atoms with Gasteiger partial charge in [0.05, 0.1) is 0 Å². The fourth-order valence-electron chi connectivity index (χ4n) is 1.78. The Bertz CT molecular complexity index is 217. The molecule has 3 nitrogen and oxygen atoms in total. The standard InChI is InChI=1S/C12H25N3/c1-6-7-8-15-11(2)14(10-13-15)9-12(3,4)5/h10-11H,6-9H2,1-5H3. The molecule has 88 valence electrons. The molecule has 0 aromatic heterocycles. The summed E-state index contributed by atoms with van der Waals surface area (Å²) < 4.78 is 0. The molecule has 1 aliphatic rings. The minimum absolute atomic E-state index is 0.334. The van der Waals surface area contributed by atoms with E-state index in [1.54, 1.807) is 0 Å². The van der Waals surface area contributed by atoms with Crippen molar-refractivity contribution in [3.63, 3.8) is 0 Å². The van der Waals surface area contributed by atoms with Crippen LogP contribution in [0.2, 0.25) is 0 Å². The quantitative estimate of drug-likeness (QED) is 0.712. The molecule has 0 amide bonds. The van der Waals surface area contributed by atoms with Crippen LogP contribution in [0.15, 0.2) is 5.10 Å². The van der Waals surface area contributed by atoms with Crippen LogP contribution in [0, 0.1) is 5.41 Å². The van der Waals surface area contributed by atoms with Crippen molar-refractivity contribution in [3.05, 3.63) is 0 Å². The third-order valence-electron chi connectivity index (χ3n) is 2.66. The topological polar surface area (TPSA) is 18.8 Å². The van der Waals surface area contributed by atoms with E-state index >= 15 is 0 Å². The zero-order chi connectivity index (χ0) is 11.5. The summed E-state index contributed by atoms with van der Waals surface area (Å²) in [6.07, 6.45) is 4.88. The van der Waals surface area contributed by atoms with Crippen LogP contribution < -0.4 is 0 Å². The van der Waals surface area contributed by atoms with Crippen molar-refractivity contribution in [1.29, 1.82) is 0 Å². The van der Waals surface area contributed by atoms with Crippen molar-refractivity contribution in [2.75, 3.05) is 13.1 Å². The lowest BCUT2D eigenvalue weighted by Gasteiger charge is -2.32. The van der Waals surface area contributed by atoms with Gasteiger partial charge in [-0.25, -0.2) is 0 Å². The third-order valence-corrected chi connectivity index (χ3v) is 2.66. The van der Waals surface area contributed by atoms with Crippen molar-refractivity contribution in [3.8, 4) is 0 Å². The maximum atomic E-state index is 4.45. The zero-order valence-corrected chi connectivity index (χ0v) is 10.8. The van der Waals surface area contributed by atoms with Crippen molar-refractivity contribution in [1.82, 2.24) is 9.91 Å². The molecule has 3 heteroatoms. The second kappa shape index (κ2) is 4.86. The summed E-state index contributed by atoms with van der Waals surface area (Å²) >= 11 is 0. The number of hydrogen-bond donors (Lipinski definition) is 0. The lowest BCUT2D eigenvalue weighted by Crippen LogP contribution is -2.41. The Labute approximate surface area is 94.1 Å². The molecular formula is C12H25N3. The Kier molecular flexibility index (Phi) is 4.00. The van der Waals surface area contributed by atoms with Crippen LogP contribution in [-0.2, 0) is 0 Å². The van der Waals surface area contributed by atoms with Crippen LogP contribution in [0.1, 0.15) is 47.5 Å². The van der Waals surface area contributed by atoms with Crippen LogP contribution in [0.3, 0.4) is 0 Å². The van der Waals surface area contributed by atoms with Gasteiger partial charge in [0, 0.05) is 13.1 Å². The van der Waals surface area contributed by atoms with Gasteiger partial charge in [-0.05, 0) is 18.8 Å². The highest BCUT2D eigenvalue weighted by Gasteiger charge is 2.26. The monoisotopic (exact) mass is 211 g/mol. The second-order valence-corrected chi connectivity index (χ2v) is 5.61. The van der Waals surface area contributed by atoms with Gasteiger partial charge < -0.3 is 4.90 Å². The summed E-state index contributed by atoms with van der Waals surface area (Å²) in [6.45, 7) is 13.4. The second-order valence-electron chi connectivity index (χ2n) is 5.61. The molecule has 1 rings (SSSR count). The maximum absolute atomic E-state index is 4.45. The van der Waals surface area contributed by atoms with E-state index in [0.29, 0.717) is 11.6 Å². The normalized spacial score (nSPS) is 21.5. The van der Waals surface area contributed by atoms with E-state index in [0.717, 1.165) is 13.1 Å². The van der Waals surface area contributed by atoms with Gasteiger partial charge in [-0.3, -0.25) is 5.01 Å². The first kappa shape index (κ1) is 12.3. The van der Waals surface area contributed by atoms with Gasteiger partial charge in [0.1, 0.15) is 12.5 Å². The van der Waals surface area contributed by atoms with Gasteiger partial charge in [-0.2, -0.15) is 5.10 Å². The Morgan fingerprint density at radius 1 is 1.33 bits per heavy atom. The average molecular weight is 211 g/mol. The van der Waals surface area contributed by atoms with Gasteiger partial charge in [0.25, 0.3) is 0 Å². The fraction of sp³-hybridized carbons (Fsp3) is 0.917. The summed E-state index contributed by atoms with van der Waals surface area (Å²) in [7, 11) is 0. The first-order valence-corrected chi connectivity index (χ1v) is 6.00. The smallest absolute Gasteiger partial charge is 0.116 e.